The SMILES string of the molecule is CCCNCc1coc(CN(CC)CCC)c1. The lowest BCUT2D eigenvalue weighted by Gasteiger charge is -2.17. The van der Waals surface area contributed by atoms with E-state index in [0.29, 0.717) is 0 Å². The maximum Gasteiger partial charge on any atom is 0.118 e. The largest absolute Gasteiger partial charge is 0.468 e. The van der Waals surface area contributed by atoms with E-state index in [1.807, 2.05) is 6.26 Å². The molecule has 1 rings (SSSR count). The van der Waals surface area contributed by atoms with Crippen molar-refractivity contribution in [1.29, 1.82) is 0 Å². The van der Waals surface area contributed by atoms with Crippen molar-refractivity contribution in [3.8, 4) is 0 Å². The summed E-state index contributed by atoms with van der Waals surface area (Å²) in [6.45, 7) is 11.7. The third kappa shape index (κ3) is 5.37. The van der Waals surface area contributed by atoms with Gasteiger partial charge in [-0.25, -0.2) is 0 Å². The molecule has 0 aromatic carbocycles. The van der Waals surface area contributed by atoms with Gasteiger partial charge in [-0.05, 0) is 38.5 Å². The lowest BCUT2D eigenvalue weighted by atomic mass is 10.3. The molecule has 1 heterocycles. The van der Waals surface area contributed by atoms with E-state index in [-0.39, 0.29) is 0 Å². The summed E-state index contributed by atoms with van der Waals surface area (Å²) in [5, 5.41) is 3.38. The molecule has 0 saturated carbocycles. The standard InChI is InChI=1S/C14H26N2O/c1-4-7-15-10-13-9-14(17-12-13)11-16(6-3)8-5-2/h9,12,15H,4-8,10-11H2,1-3H3. The van der Waals surface area contributed by atoms with E-state index in [0.717, 1.165) is 38.5 Å². The average Bonchev–Trinajstić information content (AvgIpc) is 2.77. The van der Waals surface area contributed by atoms with Crippen LogP contribution in [0.2, 0.25) is 0 Å². The van der Waals surface area contributed by atoms with Crippen molar-refractivity contribution < 1.29 is 4.42 Å². The maximum absolute atomic E-state index is 5.59. The van der Waals surface area contributed by atoms with Gasteiger partial charge in [0.15, 0.2) is 0 Å². The van der Waals surface area contributed by atoms with Gasteiger partial charge >= 0.3 is 0 Å². The molecule has 3 nitrogen and oxygen atoms in total. The fourth-order valence-corrected chi connectivity index (χ4v) is 1.90. The third-order valence-corrected chi connectivity index (χ3v) is 2.83. The maximum atomic E-state index is 5.59. The van der Waals surface area contributed by atoms with Gasteiger partial charge < -0.3 is 9.73 Å². The summed E-state index contributed by atoms with van der Waals surface area (Å²) in [5.74, 6) is 1.08. The van der Waals surface area contributed by atoms with Crippen molar-refractivity contribution in [3.05, 3.63) is 23.7 Å². The zero-order valence-electron chi connectivity index (χ0n) is 11.5. The molecule has 0 fully saturated rings. The molecule has 98 valence electrons. The van der Waals surface area contributed by atoms with Crippen LogP contribution in [0.25, 0.3) is 0 Å². The van der Waals surface area contributed by atoms with E-state index in [1.54, 1.807) is 0 Å². The van der Waals surface area contributed by atoms with Gasteiger partial charge in [0, 0.05) is 12.1 Å². The minimum absolute atomic E-state index is 0.914. The van der Waals surface area contributed by atoms with Crippen LogP contribution in [0.4, 0.5) is 0 Å². The average molecular weight is 238 g/mol. The topological polar surface area (TPSA) is 28.4 Å². The molecule has 17 heavy (non-hydrogen) atoms. The highest BCUT2D eigenvalue weighted by Crippen LogP contribution is 2.10. The van der Waals surface area contributed by atoms with Gasteiger partial charge in [-0.1, -0.05) is 20.8 Å². The molecule has 1 N–H and O–H groups in total. The summed E-state index contributed by atoms with van der Waals surface area (Å²) in [5.41, 5.74) is 1.25. The first-order chi connectivity index (χ1) is 8.30. The minimum atomic E-state index is 0.914. The number of hydrogen-bond donors (Lipinski definition) is 1. The molecule has 0 radical (unpaired) electrons. The molecule has 0 saturated heterocycles. The molecule has 0 aliphatic heterocycles. The van der Waals surface area contributed by atoms with E-state index < -0.39 is 0 Å². The van der Waals surface area contributed by atoms with E-state index in [4.69, 9.17) is 4.42 Å². The van der Waals surface area contributed by atoms with Crippen LogP contribution in [0.3, 0.4) is 0 Å². The summed E-state index contributed by atoms with van der Waals surface area (Å²) < 4.78 is 5.59. The minimum Gasteiger partial charge on any atom is -0.468 e. The van der Waals surface area contributed by atoms with E-state index in [9.17, 15) is 0 Å². The fraction of sp³-hybridized carbons (Fsp3) is 0.714. The first-order valence-electron chi connectivity index (χ1n) is 6.79. The van der Waals surface area contributed by atoms with E-state index >= 15 is 0 Å². The van der Waals surface area contributed by atoms with Gasteiger partial charge in [0.05, 0.1) is 12.8 Å². The Morgan fingerprint density at radius 3 is 2.71 bits per heavy atom. The monoisotopic (exact) mass is 238 g/mol. The predicted octanol–water partition coefficient (Wildman–Crippen LogP) is 3.01. The van der Waals surface area contributed by atoms with Crippen LogP contribution in [0.5, 0.6) is 0 Å². The highest BCUT2D eigenvalue weighted by atomic mass is 16.3. The number of nitrogens with one attached hydrogen (secondary N) is 1. The first-order valence-corrected chi connectivity index (χ1v) is 6.79. The Hall–Kier alpha value is -0.800. The Kier molecular flexibility index (Phi) is 6.97. The quantitative estimate of drug-likeness (QED) is 0.670. The predicted molar refractivity (Wildman–Crippen MR) is 71.9 cm³/mol. The van der Waals surface area contributed by atoms with Crippen LogP contribution >= 0.6 is 0 Å². The number of rotatable bonds is 9. The summed E-state index contributed by atoms with van der Waals surface area (Å²) in [4.78, 5) is 2.40. The Labute approximate surface area is 105 Å². The van der Waals surface area contributed by atoms with E-state index in [1.165, 1.54) is 18.4 Å². The molecule has 0 bridgehead atoms. The van der Waals surface area contributed by atoms with Crippen molar-refractivity contribution in [3.63, 3.8) is 0 Å². The van der Waals surface area contributed by atoms with Gasteiger partial charge in [0.25, 0.3) is 0 Å². The van der Waals surface area contributed by atoms with Gasteiger partial charge in [-0.2, -0.15) is 0 Å². The van der Waals surface area contributed by atoms with Crippen LogP contribution < -0.4 is 5.32 Å². The molecule has 1 aromatic rings. The molecule has 0 aliphatic rings. The Balaban J connectivity index is 2.38. The molecule has 0 spiro atoms. The van der Waals surface area contributed by atoms with Crippen molar-refractivity contribution in [2.24, 2.45) is 0 Å². The number of furan rings is 1. The Bertz CT molecular complexity index is 296. The second kappa shape index (κ2) is 8.31. The second-order valence-electron chi connectivity index (χ2n) is 4.47. The Morgan fingerprint density at radius 1 is 1.24 bits per heavy atom. The summed E-state index contributed by atoms with van der Waals surface area (Å²) in [6.07, 6.45) is 4.24. The molecule has 0 unspecified atom stereocenters. The Morgan fingerprint density at radius 2 is 2.06 bits per heavy atom. The van der Waals surface area contributed by atoms with Crippen LogP contribution in [0.1, 0.15) is 44.9 Å². The molecule has 0 aliphatic carbocycles. The zero-order valence-corrected chi connectivity index (χ0v) is 11.5. The molecule has 1 aromatic heterocycles. The highest BCUT2D eigenvalue weighted by molar-refractivity contribution is 5.12. The lowest BCUT2D eigenvalue weighted by Crippen LogP contribution is -2.23. The highest BCUT2D eigenvalue weighted by Gasteiger charge is 2.06. The normalized spacial score (nSPS) is 11.3. The van der Waals surface area contributed by atoms with E-state index in [2.05, 4.69) is 37.1 Å². The molecule has 0 amide bonds. The fourth-order valence-electron chi connectivity index (χ4n) is 1.90. The summed E-state index contributed by atoms with van der Waals surface area (Å²) >= 11 is 0. The van der Waals surface area contributed by atoms with Crippen LogP contribution in [0.15, 0.2) is 16.7 Å². The number of nitrogens with zero attached hydrogens (tertiary/aromatic N) is 1. The molecular weight excluding hydrogens is 212 g/mol. The van der Waals surface area contributed by atoms with Crippen LogP contribution in [-0.2, 0) is 13.1 Å². The summed E-state index contributed by atoms with van der Waals surface area (Å²) in [6, 6.07) is 2.17. The first kappa shape index (κ1) is 14.3. The smallest absolute Gasteiger partial charge is 0.118 e. The van der Waals surface area contributed by atoms with Gasteiger partial charge in [-0.3, -0.25) is 4.90 Å². The van der Waals surface area contributed by atoms with Crippen molar-refractivity contribution in [2.45, 2.75) is 46.7 Å². The zero-order chi connectivity index (χ0) is 12.5. The van der Waals surface area contributed by atoms with Gasteiger partial charge in [0.2, 0.25) is 0 Å². The molecule has 0 atom stereocenters. The molecule has 3 heteroatoms. The van der Waals surface area contributed by atoms with Crippen molar-refractivity contribution in [1.82, 2.24) is 10.2 Å². The number of hydrogen-bond acceptors (Lipinski definition) is 3. The lowest BCUT2D eigenvalue weighted by molar-refractivity contribution is 0.256. The van der Waals surface area contributed by atoms with Crippen LogP contribution in [0, 0.1) is 0 Å². The van der Waals surface area contributed by atoms with Crippen LogP contribution in [-0.4, -0.2) is 24.5 Å². The van der Waals surface area contributed by atoms with Gasteiger partial charge in [0.1, 0.15) is 5.76 Å². The molecular formula is C14H26N2O. The van der Waals surface area contributed by atoms with Crippen molar-refractivity contribution in [2.75, 3.05) is 19.6 Å². The third-order valence-electron chi connectivity index (χ3n) is 2.83. The van der Waals surface area contributed by atoms with Gasteiger partial charge in [-0.15, -0.1) is 0 Å². The second-order valence-corrected chi connectivity index (χ2v) is 4.47. The van der Waals surface area contributed by atoms with Crippen molar-refractivity contribution >= 4 is 0 Å². The summed E-state index contributed by atoms with van der Waals surface area (Å²) in [7, 11) is 0.